The number of amides is 1. The molecule has 2 N–H and O–H groups in total. The first kappa shape index (κ1) is 13.9. The van der Waals surface area contributed by atoms with Gasteiger partial charge in [0.05, 0.1) is 0 Å². The minimum absolute atomic E-state index is 0.0199. The number of benzene rings is 2. The first-order chi connectivity index (χ1) is 9.56. The third-order valence-corrected chi connectivity index (χ3v) is 3.01. The summed E-state index contributed by atoms with van der Waals surface area (Å²) >= 11 is 0. The van der Waals surface area contributed by atoms with E-state index in [9.17, 15) is 9.90 Å². The van der Waals surface area contributed by atoms with E-state index in [0.29, 0.717) is 5.75 Å². The van der Waals surface area contributed by atoms with E-state index in [1.807, 2.05) is 32.0 Å². The van der Waals surface area contributed by atoms with Gasteiger partial charge in [-0.3, -0.25) is 4.79 Å². The summed E-state index contributed by atoms with van der Waals surface area (Å²) in [5.41, 5.74) is 3.02. The van der Waals surface area contributed by atoms with Crippen LogP contribution in [-0.2, 0) is 4.79 Å². The molecule has 1 amide bonds. The predicted molar refractivity (Wildman–Crippen MR) is 78.1 cm³/mol. The lowest BCUT2D eigenvalue weighted by Gasteiger charge is -2.09. The van der Waals surface area contributed by atoms with E-state index in [1.165, 1.54) is 11.6 Å². The van der Waals surface area contributed by atoms with Gasteiger partial charge < -0.3 is 15.2 Å². The Morgan fingerprint density at radius 2 is 1.90 bits per heavy atom. The second-order valence-electron chi connectivity index (χ2n) is 4.60. The van der Waals surface area contributed by atoms with Crippen LogP contribution in [0.5, 0.6) is 11.5 Å². The highest BCUT2D eigenvalue weighted by molar-refractivity contribution is 5.92. The van der Waals surface area contributed by atoms with Crippen molar-refractivity contribution < 1.29 is 14.6 Å². The molecule has 0 radical (unpaired) electrons. The largest absolute Gasteiger partial charge is 0.504 e. The van der Waals surface area contributed by atoms with Crippen molar-refractivity contribution in [3.8, 4) is 11.5 Å². The fraction of sp³-hybridized carbons (Fsp3) is 0.188. The van der Waals surface area contributed by atoms with Crippen LogP contribution in [0.25, 0.3) is 0 Å². The van der Waals surface area contributed by atoms with Crippen LogP contribution in [0.3, 0.4) is 0 Å². The van der Waals surface area contributed by atoms with E-state index in [2.05, 4.69) is 5.32 Å². The molecule has 0 spiro atoms. The van der Waals surface area contributed by atoms with Crippen molar-refractivity contribution in [2.45, 2.75) is 13.8 Å². The van der Waals surface area contributed by atoms with Crippen LogP contribution in [0.4, 0.5) is 5.69 Å². The van der Waals surface area contributed by atoms with E-state index >= 15 is 0 Å². The molecule has 4 heteroatoms. The second kappa shape index (κ2) is 6.10. The van der Waals surface area contributed by atoms with Crippen LogP contribution >= 0.6 is 0 Å². The molecule has 0 aromatic heterocycles. The first-order valence-electron chi connectivity index (χ1n) is 6.34. The summed E-state index contributed by atoms with van der Waals surface area (Å²) in [7, 11) is 0. The van der Waals surface area contributed by atoms with E-state index < -0.39 is 0 Å². The van der Waals surface area contributed by atoms with Gasteiger partial charge in [0, 0.05) is 5.69 Å². The summed E-state index contributed by atoms with van der Waals surface area (Å²) in [6, 6.07) is 12.3. The summed E-state index contributed by atoms with van der Waals surface area (Å²) in [4.78, 5) is 11.8. The molecule has 0 saturated carbocycles. The van der Waals surface area contributed by atoms with Gasteiger partial charge in [-0.1, -0.05) is 18.2 Å². The van der Waals surface area contributed by atoms with Crippen molar-refractivity contribution in [1.82, 2.24) is 0 Å². The normalized spacial score (nSPS) is 10.1. The molecule has 0 saturated heterocycles. The van der Waals surface area contributed by atoms with Crippen LogP contribution in [0.2, 0.25) is 0 Å². The number of phenolic OH excluding ortho intramolecular Hbond substituents is 1. The van der Waals surface area contributed by atoms with Gasteiger partial charge in [-0.15, -0.1) is 0 Å². The average Bonchev–Trinajstić information content (AvgIpc) is 2.42. The number of nitrogens with one attached hydrogen (secondary N) is 1. The van der Waals surface area contributed by atoms with Crippen LogP contribution in [-0.4, -0.2) is 17.6 Å². The van der Waals surface area contributed by atoms with E-state index in [0.717, 1.165) is 11.3 Å². The topological polar surface area (TPSA) is 58.6 Å². The lowest BCUT2D eigenvalue weighted by atomic mass is 10.1. The molecule has 0 bridgehead atoms. The quantitative estimate of drug-likeness (QED) is 0.898. The summed E-state index contributed by atoms with van der Waals surface area (Å²) in [6.07, 6.45) is 0. The van der Waals surface area contributed by atoms with Crippen LogP contribution < -0.4 is 10.1 Å². The third-order valence-electron chi connectivity index (χ3n) is 3.01. The Morgan fingerprint density at radius 3 is 2.60 bits per heavy atom. The van der Waals surface area contributed by atoms with Crippen molar-refractivity contribution in [2.75, 3.05) is 11.9 Å². The lowest BCUT2D eigenvalue weighted by Crippen LogP contribution is -2.20. The van der Waals surface area contributed by atoms with E-state index in [4.69, 9.17) is 4.74 Å². The zero-order chi connectivity index (χ0) is 14.5. The number of carbonyl (C=O) groups excluding carboxylic acids is 1. The maximum Gasteiger partial charge on any atom is 0.262 e. The summed E-state index contributed by atoms with van der Waals surface area (Å²) in [5.74, 6) is 0.0470. The second-order valence-corrected chi connectivity index (χ2v) is 4.60. The number of anilines is 1. The zero-order valence-corrected chi connectivity index (χ0v) is 11.5. The van der Waals surface area contributed by atoms with Crippen LogP contribution in [0.15, 0.2) is 42.5 Å². The van der Waals surface area contributed by atoms with Crippen LogP contribution in [0.1, 0.15) is 11.1 Å². The molecule has 0 heterocycles. The molecule has 0 aliphatic carbocycles. The Bertz CT molecular complexity index is 623. The van der Waals surface area contributed by atoms with E-state index in [1.54, 1.807) is 18.2 Å². The fourth-order valence-corrected chi connectivity index (χ4v) is 1.74. The molecule has 4 nitrogen and oxygen atoms in total. The van der Waals surface area contributed by atoms with Gasteiger partial charge in [0.15, 0.2) is 18.1 Å². The van der Waals surface area contributed by atoms with Crippen molar-refractivity contribution in [2.24, 2.45) is 0 Å². The summed E-state index contributed by atoms with van der Waals surface area (Å²) in [6.45, 7) is 3.86. The van der Waals surface area contributed by atoms with Gasteiger partial charge >= 0.3 is 0 Å². The van der Waals surface area contributed by atoms with Crippen molar-refractivity contribution >= 4 is 11.6 Å². The molecule has 0 atom stereocenters. The van der Waals surface area contributed by atoms with Gasteiger partial charge in [-0.2, -0.15) is 0 Å². The van der Waals surface area contributed by atoms with Gasteiger partial charge in [0.1, 0.15) is 0 Å². The Kier molecular flexibility index (Phi) is 4.25. The Labute approximate surface area is 118 Å². The van der Waals surface area contributed by atoms with E-state index in [-0.39, 0.29) is 18.3 Å². The van der Waals surface area contributed by atoms with Gasteiger partial charge in [-0.25, -0.2) is 0 Å². The number of phenols is 1. The molecule has 2 aromatic rings. The molecular weight excluding hydrogens is 254 g/mol. The molecule has 0 unspecified atom stereocenters. The number of hydrogen-bond acceptors (Lipinski definition) is 3. The number of aryl methyl sites for hydroxylation is 2. The molecule has 104 valence electrons. The number of para-hydroxylation sites is 2. The van der Waals surface area contributed by atoms with Crippen molar-refractivity contribution in [3.63, 3.8) is 0 Å². The molecule has 0 fully saturated rings. The maximum absolute atomic E-state index is 11.8. The summed E-state index contributed by atoms with van der Waals surface area (Å²) < 4.78 is 5.26. The highest BCUT2D eigenvalue weighted by Crippen LogP contribution is 2.24. The smallest absolute Gasteiger partial charge is 0.262 e. The van der Waals surface area contributed by atoms with Gasteiger partial charge in [0.2, 0.25) is 0 Å². The number of aromatic hydroxyl groups is 1. The fourth-order valence-electron chi connectivity index (χ4n) is 1.74. The molecule has 2 rings (SSSR count). The van der Waals surface area contributed by atoms with Crippen LogP contribution in [0, 0.1) is 13.8 Å². The number of hydrogen-bond donors (Lipinski definition) is 2. The lowest BCUT2D eigenvalue weighted by molar-refractivity contribution is -0.118. The first-order valence-corrected chi connectivity index (χ1v) is 6.34. The third kappa shape index (κ3) is 3.51. The standard InChI is InChI=1S/C16H17NO3/c1-11-7-8-13(9-12(11)2)17-16(19)10-20-15-6-4-3-5-14(15)18/h3-9,18H,10H2,1-2H3,(H,17,19). The number of carbonyl (C=O) groups is 1. The maximum atomic E-state index is 11.8. The average molecular weight is 271 g/mol. The molecule has 0 aliphatic rings. The van der Waals surface area contributed by atoms with Gasteiger partial charge in [-0.05, 0) is 49.2 Å². The minimum atomic E-state index is -0.267. The number of ether oxygens (including phenoxy) is 1. The Hall–Kier alpha value is -2.49. The van der Waals surface area contributed by atoms with Crippen molar-refractivity contribution in [3.05, 3.63) is 53.6 Å². The Morgan fingerprint density at radius 1 is 1.15 bits per heavy atom. The highest BCUT2D eigenvalue weighted by Gasteiger charge is 2.06. The van der Waals surface area contributed by atoms with Crippen molar-refractivity contribution in [1.29, 1.82) is 0 Å². The highest BCUT2D eigenvalue weighted by atomic mass is 16.5. The Balaban J connectivity index is 1.93. The number of rotatable bonds is 4. The predicted octanol–water partition coefficient (Wildman–Crippen LogP) is 3.03. The van der Waals surface area contributed by atoms with Gasteiger partial charge in [0.25, 0.3) is 5.91 Å². The molecule has 20 heavy (non-hydrogen) atoms. The molecular formula is C16H17NO3. The minimum Gasteiger partial charge on any atom is -0.504 e. The molecule has 2 aromatic carbocycles. The summed E-state index contributed by atoms with van der Waals surface area (Å²) in [5, 5.41) is 12.3. The SMILES string of the molecule is Cc1ccc(NC(=O)COc2ccccc2O)cc1C. The molecule has 0 aliphatic heterocycles. The zero-order valence-electron chi connectivity index (χ0n) is 11.5. The monoisotopic (exact) mass is 271 g/mol.